The van der Waals surface area contributed by atoms with Gasteiger partial charge in [0.2, 0.25) is 0 Å². The highest BCUT2D eigenvalue weighted by atomic mass is 35.5. The van der Waals surface area contributed by atoms with Crippen LogP contribution >= 0.6 is 11.6 Å². The van der Waals surface area contributed by atoms with Crippen LogP contribution in [-0.2, 0) is 18.1 Å². The third-order valence-electron chi connectivity index (χ3n) is 6.10. The summed E-state index contributed by atoms with van der Waals surface area (Å²) >= 11 is 5.61. The zero-order valence-electron chi connectivity index (χ0n) is 17.9. The van der Waals surface area contributed by atoms with Crippen LogP contribution in [0.1, 0.15) is 47.3 Å². The Bertz CT molecular complexity index is 1270. The number of anilines is 1. The van der Waals surface area contributed by atoms with Crippen molar-refractivity contribution in [3.8, 4) is 5.75 Å². The molecule has 2 N–H and O–H groups in total. The smallest absolute Gasteiger partial charge is 0.417 e. The highest BCUT2D eigenvalue weighted by Gasteiger charge is 2.37. The molecule has 0 spiro atoms. The lowest BCUT2D eigenvalue weighted by Crippen LogP contribution is -2.32. The number of benzene rings is 2. The maximum Gasteiger partial charge on any atom is 0.417 e. The van der Waals surface area contributed by atoms with Crippen molar-refractivity contribution in [3.05, 3.63) is 86.8 Å². The number of nitrogens with zero attached hydrogens (tertiary/aromatic N) is 2. The molecule has 1 saturated carbocycles. The Kier molecular flexibility index (Phi) is 6.40. The van der Waals surface area contributed by atoms with Crippen molar-refractivity contribution < 1.29 is 23.1 Å². The van der Waals surface area contributed by atoms with E-state index < -0.39 is 39.5 Å². The van der Waals surface area contributed by atoms with Gasteiger partial charge >= 0.3 is 6.18 Å². The maximum atomic E-state index is 13.1. The monoisotopic (exact) mass is 491 g/mol. The number of rotatable bonds is 5. The van der Waals surface area contributed by atoms with Gasteiger partial charge in [-0.25, -0.2) is 0 Å². The molecular weight excluding hydrogens is 471 g/mol. The average Bonchev–Trinajstić information content (AvgIpc) is 3.27. The zero-order valence-corrected chi connectivity index (χ0v) is 18.7. The molecule has 1 aromatic heterocycles. The SMILES string of the molecule is O=C(Nc1ccc(Cl)c(C(F)(F)F)c1)c1nn(CC2(c3ccccc3)CCCC2)cc(O)c1=O. The molecule has 0 atom stereocenters. The van der Waals surface area contributed by atoms with Gasteiger partial charge in [-0.3, -0.25) is 14.3 Å². The van der Waals surface area contributed by atoms with E-state index >= 15 is 0 Å². The van der Waals surface area contributed by atoms with Crippen molar-refractivity contribution in [2.45, 2.75) is 43.8 Å². The first-order valence-electron chi connectivity index (χ1n) is 10.6. The van der Waals surface area contributed by atoms with Crippen molar-refractivity contribution >= 4 is 23.2 Å². The lowest BCUT2D eigenvalue weighted by atomic mass is 9.79. The molecule has 10 heteroatoms. The zero-order chi connectivity index (χ0) is 24.5. The van der Waals surface area contributed by atoms with Gasteiger partial charge < -0.3 is 10.4 Å². The Labute approximate surface area is 198 Å². The Morgan fingerprint density at radius 3 is 2.47 bits per heavy atom. The summed E-state index contributed by atoms with van der Waals surface area (Å²) in [4.78, 5) is 25.2. The Morgan fingerprint density at radius 1 is 1.15 bits per heavy atom. The number of hydrogen-bond donors (Lipinski definition) is 2. The minimum Gasteiger partial charge on any atom is -0.503 e. The Morgan fingerprint density at radius 2 is 1.82 bits per heavy atom. The summed E-state index contributed by atoms with van der Waals surface area (Å²) < 4.78 is 40.8. The molecular formula is C24H21ClF3N3O3. The van der Waals surface area contributed by atoms with E-state index in [2.05, 4.69) is 10.4 Å². The van der Waals surface area contributed by atoms with Gasteiger partial charge in [-0.2, -0.15) is 18.3 Å². The van der Waals surface area contributed by atoms with Crippen LogP contribution in [0.5, 0.6) is 5.75 Å². The lowest BCUT2D eigenvalue weighted by molar-refractivity contribution is -0.137. The van der Waals surface area contributed by atoms with Crippen LogP contribution in [0.3, 0.4) is 0 Å². The lowest BCUT2D eigenvalue weighted by Gasteiger charge is -2.30. The van der Waals surface area contributed by atoms with Crippen molar-refractivity contribution in [2.75, 3.05) is 5.32 Å². The second kappa shape index (κ2) is 9.13. The van der Waals surface area contributed by atoms with Gasteiger partial charge in [0.25, 0.3) is 11.3 Å². The largest absolute Gasteiger partial charge is 0.503 e. The van der Waals surface area contributed by atoms with Gasteiger partial charge in [0.1, 0.15) is 0 Å². The summed E-state index contributed by atoms with van der Waals surface area (Å²) in [5, 5.41) is 16.0. The van der Waals surface area contributed by atoms with Crippen LogP contribution < -0.4 is 10.7 Å². The summed E-state index contributed by atoms with van der Waals surface area (Å²) in [6.07, 6.45) is 0.211. The standard InChI is InChI=1S/C24H21ClF3N3O3/c25-18-9-8-16(12-17(18)24(26,27)28)29-22(34)20-21(33)19(32)13-31(30-20)14-23(10-4-5-11-23)15-6-2-1-3-7-15/h1-3,6-9,12-13,32H,4-5,10-11,14H2,(H,29,34). The second-order valence-corrected chi connectivity index (χ2v) is 8.80. The van der Waals surface area contributed by atoms with E-state index in [4.69, 9.17) is 11.6 Å². The number of carbonyl (C=O) groups excluding carboxylic acids is 1. The molecule has 1 amide bonds. The fraction of sp³-hybridized carbons (Fsp3) is 0.292. The summed E-state index contributed by atoms with van der Waals surface area (Å²) in [6.45, 7) is 0.324. The van der Waals surface area contributed by atoms with Crippen LogP contribution in [0.4, 0.5) is 18.9 Å². The molecule has 1 heterocycles. The maximum absolute atomic E-state index is 13.1. The molecule has 1 aliphatic rings. The summed E-state index contributed by atoms with van der Waals surface area (Å²) in [7, 11) is 0. The summed E-state index contributed by atoms with van der Waals surface area (Å²) in [6, 6.07) is 12.7. The van der Waals surface area contributed by atoms with Gasteiger partial charge in [0.15, 0.2) is 11.4 Å². The van der Waals surface area contributed by atoms with Crippen LogP contribution in [0.2, 0.25) is 5.02 Å². The molecule has 34 heavy (non-hydrogen) atoms. The number of amides is 1. The van der Waals surface area contributed by atoms with Crippen LogP contribution in [0.25, 0.3) is 0 Å². The number of carbonyl (C=O) groups is 1. The molecule has 0 saturated heterocycles. The first kappa shape index (κ1) is 23.8. The molecule has 178 valence electrons. The van der Waals surface area contributed by atoms with Crippen LogP contribution in [0, 0.1) is 0 Å². The number of hydrogen-bond acceptors (Lipinski definition) is 4. The minimum atomic E-state index is -4.72. The van der Waals surface area contributed by atoms with E-state index in [1.807, 2.05) is 30.3 Å². The average molecular weight is 492 g/mol. The van der Waals surface area contributed by atoms with Gasteiger partial charge in [-0.15, -0.1) is 0 Å². The van der Waals surface area contributed by atoms with Gasteiger partial charge in [-0.1, -0.05) is 54.8 Å². The van der Waals surface area contributed by atoms with E-state index in [1.165, 1.54) is 16.9 Å². The molecule has 0 aliphatic heterocycles. The van der Waals surface area contributed by atoms with Crippen molar-refractivity contribution in [2.24, 2.45) is 0 Å². The van der Waals surface area contributed by atoms with Crippen molar-refractivity contribution in [3.63, 3.8) is 0 Å². The fourth-order valence-electron chi connectivity index (χ4n) is 4.46. The fourth-order valence-corrected chi connectivity index (χ4v) is 4.68. The van der Waals surface area contributed by atoms with Gasteiger partial charge in [0, 0.05) is 11.1 Å². The van der Waals surface area contributed by atoms with E-state index in [1.54, 1.807) is 0 Å². The predicted molar refractivity (Wildman–Crippen MR) is 121 cm³/mol. The Balaban J connectivity index is 1.65. The first-order chi connectivity index (χ1) is 16.1. The molecule has 4 rings (SSSR count). The van der Waals surface area contributed by atoms with Crippen molar-refractivity contribution in [1.29, 1.82) is 0 Å². The van der Waals surface area contributed by atoms with Crippen LogP contribution in [-0.4, -0.2) is 20.8 Å². The third-order valence-corrected chi connectivity index (χ3v) is 6.43. The number of halogens is 4. The Hall–Kier alpha value is -3.33. The molecule has 6 nitrogen and oxygen atoms in total. The molecule has 0 unspecified atom stereocenters. The molecule has 1 fully saturated rings. The van der Waals surface area contributed by atoms with Crippen molar-refractivity contribution in [1.82, 2.24) is 9.78 Å². The minimum absolute atomic E-state index is 0.214. The van der Waals surface area contributed by atoms with E-state index in [0.29, 0.717) is 12.6 Å². The number of aromatic hydroxyl groups is 1. The highest BCUT2D eigenvalue weighted by molar-refractivity contribution is 6.31. The molecule has 0 radical (unpaired) electrons. The van der Waals surface area contributed by atoms with Gasteiger partial charge in [-0.05, 0) is 36.6 Å². The molecule has 1 aliphatic carbocycles. The van der Waals surface area contributed by atoms with E-state index in [0.717, 1.165) is 37.3 Å². The summed E-state index contributed by atoms with van der Waals surface area (Å²) in [5.41, 5.74) is -2.15. The van der Waals surface area contributed by atoms with E-state index in [9.17, 15) is 27.9 Å². The predicted octanol–water partition coefficient (Wildman–Crippen LogP) is 5.39. The summed E-state index contributed by atoms with van der Waals surface area (Å²) in [5.74, 6) is -1.71. The normalized spacial score (nSPS) is 15.3. The van der Waals surface area contributed by atoms with Crippen LogP contribution in [0.15, 0.2) is 59.5 Å². The quantitative estimate of drug-likeness (QED) is 0.501. The highest BCUT2D eigenvalue weighted by Crippen LogP contribution is 2.42. The third kappa shape index (κ3) is 4.79. The van der Waals surface area contributed by atoms with Gasteiger partial charge in [0.05, 0.1) is 23.3 Å². The molecule has 3 aromatic rings. The number of aromatic nitrogens is 2. The number of nitrogens with one attached hydrogen (secondary N) is 1. The molecule has 0 bridgehead atoms. The molecule has 2 aromatic carbocycles. The number of alkyl halides is 3. The topological polar surface area (TPSA) is 84.2 Å². The second-order valence-electron chi connectivity index (χ2n) is 8.39. The van der Waals surface area contributed by atoms with E-state index in [-0.39, 0.29) is 11.1 Å². The first-order valence-corrected chi connectivity index (χ1v) is 11.0.